The highest BCUT2D eigenvalue weighted by Gasteiger charge is 2.12. The summed E-state index contributed by atoms with van der Waals surface area (Å²) in [5, 5.41) is 22.5. The van der Waals surface area contributed by atoms with Crippen LogP contribution in [0.15, 0.2) is 29.2 Å². The molecule has 1 aromatic carbocycles. The number of rotatable bonds is 2. The van der Waals surface area contributed by atoms with E-state index in [1.807, 2.05) is 0 Å². The van der Waals surface area contributed by atoms with Crippen LogP contribution in [0.4, 0.5) is 0 Å². The van der Waals surface area contributed by atoms with Gasteiger partial charge in [-0.15, -0.1) is 5.14 Å². The van der Waals surface area contributed by atoms with Crippen LogP contribution in [0, 0.1) is 0 Å². The minimum Gasteiger partial charge on any atom is -0.593 e. The molecular weight excluding hydrogens is 177 g/mol. The van der Waals surface area contributed by atoms with Gasteiger partial charge in [-0.3, -0.25) is 0 Å². The van der Waals surface area contributed by atoms with Crippen molar-refractivity contribution in [2.24, 2.45) is 5.14 Å². The highest BCUT2D eigenvalue weighted by molar-refractivity contribution is 7.89. The van der Waals surface area contributed by atoms with E-state index < -0.39 is 18.5 Å². The zero-order valence-corrected chi connectivity index (χ0v) is 6.99. The molecule has 0 aromatic heterocycles. The normalized spacial score (nSPS) is 12.7. The van der Waals surface area contributed by atoms with Crippen molar-refractivity contribution in [1.29, 1.82) is 0 Å². The van der Waals surface area contributed by atoms with Gasteiger partial charge in [0.2, 0.25) is 0 Å². The minimum absolute atomic E-state index is 0.351. The summed E-state index contributed by atoms with van der Waals surface area (Å²) in [6, 6.07) is 5.91. The predicted molar refractivity (Wildman–Crippen MR) is 46.9 cm³/mol. The molecule has 1 atom stereocenters. The van der Waals surface area contributed by atoms with Crippen LogP contribution in [0.2, 0.25) is 0 Å². The van der Waals surface area contributed by atoms with Crippen molar-refractivity contribution < 1.29 is 14.6 Å². The molecular formula is C6H8BNO3S. The Kier molecular flexibility index (Phi) is 3.13. The van der Waals surface area contributed by atoms with Crippen molar-refractivity contribution in [1.82, 2.24) is 0 Å². The number of hydrogen-bond acceptors (Lipinski definition) is 4. The smallest absolute Gasteiger partial charge is 0.488 e. The third kappa shape index (κ3) is 2.23. The third-order valence-corrected chi connectivity index (χ3v) is 2.15. The van der Waals surface area contributed by atoms with E-state index in [0.717, 1.165) is 0 Å². The molecule has 4 nitrogen and oxygen atoms in total. The highest BCUT2D eigenvalue weighted by atomic mass is 32.2. The Morgan fingerprint density at radius 3 is 2.08 bits per heavy atom. The first kappa shape index (κ1) is 9.56. The summed E-state index contributed by atoms with van der Waals surface area (Å²) in [5.41, 5.74) is 0.351. The lowest BCUT2D eigenvalue weighted by molar-refractivity contribution is 0.425. The van der Waals surface area contributed by atoms with E-state index in [9.17, 15) is 4.55 Å². The Hall–Kier alpha value is -0.525. The maximum Gasteiger partial charge on any atom is 0.488 e. The maximum absolute atomic E-state index is 10.7. The lowest BCUT2D eigenvalue weighted by Gasteiger charge is -2.03. The largest absolute Gasteiger partial charge is 0.593 e. The SMILES string of the molecule is N[S+]([O-])c1ccc(B(O)O)cc1. The van der Waals surface area contributed by atoms with Crippen molar-refractivity contribution in [2.45, 2.75) is 4.90 Å². The van der Waals surface area contributed by atoms with E-state index in [-0.39, 0.29) is 0 Å². The first-order valence-electron chi connectivity index (χ1n) is 3.23. The van der Waals surface area contributed by atoms with Gasteiger partial charge in [-0.1, -0.05) is 12.1 Å². The highest BCUT2D eigenvalue weighted by Crippen LogP contribution is 2.02. The average molecular weight is 185 g/mol. The monoisotopic (exact) mass is 185 g/mol. The van der Waals surface area contributed by atoms with Crippen LogP contribution in [-0.4, -0.2) is 21.7 Å². The van der Waals surface area contributed by atoms with Crippen LogP contribution in [0.1, 0.15) is 0 Å². The molecule has 1 unspecified atom stereocenters. The molecule has 0 fully saturated rings. The first-order valence-corrected chi connectivity index (χ1v) is 4.45. The standard InChI is InChI=1S/C6H8BNO3S/c8-12(11)6-3-1-5(2-4-6)7(9)10/h1-4,9-10H,8H2. The third-order valence-electron chi connectivity index (χ3n) is 1.41. The number of nitrogens with two attached hydrogens (primary N) is 1. The fraction of sp³-hybridized carbons (Fsp3) is 0. The molecule has 0 aliphatic rings. The molecule has 0 amide bonds. The van der Waals surface area contributed by atoms with Crippen LogP contribution in [0.5, 0.6) is 0 Å². The van der Waals surface area contributed by atoms with E-state index in [1.165, 1.54) is 24.3 Å². The average Bonchev–Trinajstić information content (AvgIpc) is 2.04. The van der Waals surface area contributed by atoms with Crippen LogP contribution in [0.3, 0.4) is 0 Å². The van der Waals surface area contributed by atoms with E-state index in [2.05, 4.69) is 0 Å². The summed E-state index contributed by atoms with van der Waals surface area (Å²) >= 11 is -1.51. The number of hydrogen-bond donors (Lipinski definition) is 3. The second-order valence-electron chi connectivity index (χ2n) is 2.24. The van der Waals surface area contributed by atoms with Gasteiger partial charge in [-0.05, 0) is 17.6 Å². The fourth-order valence-corrected chi connectivity index (χ4v) is 1.18. The summed E-state index contributed by atoms with van der Waals surface area (Å²) in [6.45, 7) is 0. The van der Waals surface area contributed by atoms with E-state index in [1.54, 1.807) is 0 Å². The fourth-order valence-electron chi connectivity index (χ4n) is 0.774. The summed E-state index contributed by atoms with van der Waals surface area (Å²) in [7, 11) is -1.50. The molecule has 0 saturated carbocycles. The molecule has 1 aromatic rings. The van der Waals surface area contributed by atoms with Crippen molar-refractivity contribution in [3.8, 4) is 0 Å². The molecule has 0 aliphatic heterocycles. The van der Waals surface area contributed by atoms with Gasteiger partial charge in [0.25, 0.3) is 0 Å². The van der Waals surface area contributed by atoms with Crippen LogP contribution >= 0.6 is 0 Å². The van der Waals surface area contributed by atoms with Gasteiger partial charge in [-0.25, -0.2) is 0 Å². The second-order valence-corrected chi connectivity index (χ2v) is 3.31. The summed E-state index contributed by atoms with van der Waals surface area (Å²) in [5.74, 6) is 0. The second kappa shape index (κ2) is 3.93. The zero-order valence-electron chi connectivity index (χ0n) is 6.18. The molecule has 1 rings (SSSR count). The van der Waals surface area contributed by atoms with Crippen molar-refractivity contribution in [3.63, 3.8) is 0 Å². The van der Waals surface area contributed by atoms with E-state index in [0.29, 0.717) is 10.4 Å². The summed E-state index contributed by atoms with van der Waals surface area (Å²) in [6.07, 6.45) is 0. The lowest BCUT2D eigenvalue weighted by Crippen LogP contribution is -2.29. The summed E-state index contributed by atoms with van der Waals surface area (Å²) < 4.78 is 10.7. The molecule has 4 N–H and O–H groups in total. The van der Waals surface area contributed by atoms with Gasteiger partial charge in [0.15, 0.2) is 4.90 Å². The van der Waals surface area contributed by atoms with Gasteiger partial charge < -0.3 is 14.6 Å². The lowest BCUT2D eigenvalue weighted by atomic mass is 9.81. The Morgan fingerprint density at radius 1 is 1.25 bits per heavy atom. The molecule has 0 bridgehead atoms. The Balaban J connectivity index is 2.86. The van der Waals surface area contributed by atoms with Gasteiger partial charge >= 0.3 is 7.12 Å². The van der Waals surface area contributed by atoms with Crippen LogP contribution in [-0.2, 0) is 11.4 Å². The van der Waals surface area contributed by atoms with Crippen molar-refractivity contribution in [2.75, 3.05) is 0 Å². The topological polar surface area (TPSA) is 89.5 Å². The summed E-state index contributed by atoms with van der Waals surface area (Å²) in [4.78, 5) is 0.458. The Bertz CT molecular complexity index is 224. The maximum atomic E-state index is 10.7. The number of benzene rings is 1. The van der Waals surface area contributed by atoms with Gasteiger partial charge in [0, 0.05) is 0 Å². The molecule has 0 aliphatic carbocycles. The zero-order chi connectivity index (χ0) is 9.14. The molecule has 6 heteroatoms. The van der Waals surface area contributed by atoms with Gasteiger partial charge in [-0.2, -0.15) is 0 Å². The van der Waals surface area contributed by atoms with Crippen LogP contribution in [0.25, 0.3) is 0 Å². The molecule has 0 saturated heterocycles. The first-order chi connectivity index (χ1) is 5.61. The molecule has 0 radical (unpaired) electrons. The molecule has 12 heavy (non-hydrogen) atoms. The quantitative estimate of drug-likeness (QED) is 0.380. The van der Waals surface area contributed by atoms with Gasteiger partial charge in [0.05, 0.1) is 11.4 Å². The predicted octanol–water partition coefficient (Wildman–Crippen LogP) is -1.65. The van der Waals surface area contributed by atoms with Crippen molar-refractivity contribution in [3.05, 3.63) is 24.3 Å². The Labute approximate surface area is 73.5 Å². The van der Waals surface area contributed by atoms with E-state index in [4.69, 9.17) is 15.2 Å². The minimum atomic E-state index is -1.51. The van der Waals surface area contributed by atoms with Gasteiger partial charge in [0.1, 0.15) is 0 Å². The molecule has 0 heterocycles. The van der Waals surface area contributed by atoms with Crippen LogP contribution < -0.4 is 10.6 Å². The van der Waals surface area contributed by atoms with E-state index >= 15 is 0 Å². The Morgan fingerprint density at radius 2 is 1.75 bits per heavy atom. The van der Waals surface area contributed by atoms with Crippen molar-refractivity contribution >= 4 is 23.9 Å². The molecule has 64 valence electrons. The molecule has 0 spiro atoms.